The minimum atomic E-state index is -4.09. The van der Waals surface area contributed by atoms with E-state index in [-0.39, 0.29) is 0 Å². The van der Waals surface area contributed by atoms with E-state index in [1.54, 1.807) is 0 Å². The van der Waals surface area contributed by atoms with Crippen LogP contribution in [0.1, 0.15) is 123 Å². The zero-order valence-electron chi connectivity index (χ0n) is 19.6. The third-order valence-corrected chi connectivity index (χ3v) is 8.05. The number of nitrogens with zero attached hydrogens (tertiary/aromatic N) is 1. The third kappa shape index (κ3) is 15.0. The van der Waals surface area contributed by atoms with E-state index in [4.69, 9.17) is 0 Å². The fraction of sp³-hybridized carbons (Fsp3) is 1.00. The number of unbranched alkanes of at least 4 members (excludes halogenated alkanes) is 14. The minimum absolute atomic E-state index is 0.408. The van der Waals surface area contributed by atoms with Crippen LogP contribution in [0.4, 0.5) is 0 Å². The Morgan fingerprint density at radius 1 is 0.571 bits per heavy atom. The largest absolute Gasteiger partial charge is 0.554 e. The Hall–Kier alpha value is 0.0569. The van der Waals surface area contributed by atoms with Gasteiger partial charge in [-0.15, -0.1) is 0 Å². The highest BCUT2D eigenvalue weighted by molar-refractivity contribution is 6.57. The molecular weight excluding hydrogens is 366 g/mol. The van der Waals surface area contributed by atoms with Crippen LogP contribution >= 0.6 is 0 Å². The lowest BCUT2D eigenvalue weighted by molar-refractivity contribution is -0.906. The van der Waals surface area contributed by atoms with Gasteiger partial charge in [-0.05, 0) is 12.8 Å². The first-order valence-corrected chi connectivity index (χ1v) is 14.2. The molecule has 0 aromatic heterocycles. The van der Waals surface area contributed by atoms with Crippen LogP contribution in [0.2, 0.25) is 0 Å². The Labute approximate surface area is 177 Å². The van der Waals surface area contributed by atoms with Gasteiger partial charge in [0.15, 0.2) is 5.67 Å². The van der Waals surface area contributed by atoms with E-state index in [1.807, 2.05) is 14.1 Å². The highest BCUT2D eigenvalue weighted by Gasteiger charge is 2.49. The Balaban J connectivity index is 3.62. The van der Waals surface area contributed by atoms with Crippen LogP contribution in [0.5, 0.6) is 0 Å². The van der Waals surface area contributed by atoms with Gasteiger partial charge in [-0.25, -0.2) is 0 Å². The quantitative estimate of drug-likeness (QED) is 0.138. The first-order valence-electron chi connectivity index (χ1n) is 12.3. The summed E-state index contributed by atoms with van der Waals surface area (Å²) in [6.45, 7) is 5.23. The Kier molecular flexibility index (Phi) is 16.8. The topological polar surface area (TPSA) is 60.7 Å². The molecule has 0 bridgehead atoms. The Morgan fingerprint density at radius 3 is 1.25 bits per heavy atom. The molecule has 0 spiro atoms. The third-order valence-electron chi connectivity index (χ3n) is 6.17. The zero-order chi connectivity index (χ0) is 21.3. The van der Waals surface area contributed by atoms with E-state index < -0.39 is 14.5 Å². The van der Waals surface area contributed by atoms with Crippen LogP contribution in [-0.4, -0.2) is 54.0 Å². The highest BCUT2D eigenvalue weighted by atomic mass is 28.4. The van der Waals surface area contributed by atoms with Crippen LogP contribution in [-0.2, 0) is 0 Å². The van der Waals surface area contributed by atoms with Gasteiger partial charge in [-0.2, -0.15) is 0 Å². The van der Waals surface area contributed by atoms with Crippen LogP contribution in [0, 0.1) is 0 Å². The van der Waals surface area contributed by atoms with Gasteiger partial charge in [0.2, 0.25) is 0 Å². The fourth-order valence-corrected chi connectivity index (χ4v) is 6.11. The summed E-state index contributed by atoms with van der Waals surface area (Å²) in [7, 11) is -0.0867. The molecule has 28 heavy (non-hydrogen) atoms. The average Bonchev–Trinajstić information content (AvgIpc) is 2.60. The number of rotatable bonds is 20. The predicted octanol–water partition coefficient (Wildman–Crippen LogP) is 5.56. The molecule has 0 aliphatic heterocycles. The van der Waals surface area contributed by atoms with E-state index in [2.05, 4.69) is 13.8 Å². The van der Waals surface area contributed by atoms with Crippen molar-refractivity contribution in [3.05, 3.63) is 0 Å². The summed E-state index contributed by atoms with van der Waals surface area (Å²) in [5.41, 5.74) is -0.408. The van der Waals surface area contributed by atoms with Gasteiger partial charge in [-0.3, -0.25) is 0 Å². The van der Waals surface area contributed by atoms with Gasteiger partial charge in [0.1, 0.15) is 0 Å². The smallest absolute Gasteiger partial charge is 0.386 e. The lowest BCUT2D eigenvalue weighted by atomic mass is 10.0. The molecular formula is C23H52NO3Si+. The van der Waals surface area contributed by atoms with Gasteiger partial charge in [0.05, 0.1) is 20.6 Å². The Morgan fingerprint density at radius 2 is 0.929 bits per heavy atom. The van der Waals surface area contributed by atoms with Crippen LogP contribution in [0.25, 0.3) is 0 Å². The van der Waals surface area contributed by atoms with Crippen LogP contribution < -0.4 is 0 Å². The van der Waals surface area contributed by atoms with E-state index in [1.165, 1.54) is 83.5 Å². The Bertz CT molecular complexity index is 345. The predicted molar refractivity (Wildman–Crippen MR) is 123 cm³/mol. The number of hydrogen-bond acceptors (Lipinski definition) is 3. The van der Waals surface area contributed by atoms with Crippen LogP contribution in [0.15, 0.2) is 0 Å². The van der Waals surface area contributed by atoms with Crippen molar-refractivity contribution < 1.29 is 18.9 Å². The van der Waals surface area contributed by atoms with E-state index in [9.17, 15) is 14.4 Å². The average molecular weight is 419 g/mol. The molecule has 0 rings (SSSR count). The standard InChI is InChI=1S/C23H52NO3Si/c1-5-7-8-9-10-11-12-13-14-15-16-17-18-19-20-21-23(28(25,26)27)24(3,4)22-6-2/h23,25-27H,5-22H2,1-4H3/q+1. The summed E-state index contributed by atoms with van der Waals surface area (Å²) in [5.74, 6) is 0. The second-order valence-electron chi connectivity index (χ2n) is 9.44. The molecule has 1 atom stereocenters. The first-order chi connectivity index (χ1) is 13.3. The summed E-state index contributed by atoms with van der Waals surface area (Å²) in [6, 6.07) is 0. The molecule has 0 aromatic rings. The normalized spacial score (nSPS) is 13.8. The SMILES string of the molecule is CCCCCCCCCCCCCCCCCC([N+](C)(C)CCC)[Si](O)(O)O. The van der Waals surface area contributed by atoms with Crippen molar-refractivity contribution >= 4 is 8.80 Å². The highest BCUT2D eigenvalue weighted by Crippen LogP contribution is 2.21. The summed E-state index contributed by atoms with van der Waals surface area (Å²) >= 11 is 0. The maximum atomic E-state index is 9.89. The zero-order valence-corrected chi connectivity index (χ0v) is 20.6. The fourth-order valence-electron chi connectivity index (χ4n) is 4.45. The van der Waals surface area contributed by atoms with Gasteiger partial charge in [-0.1, -0.05) is 104 Å². The molecule has 0 aliphatic rings. The molecule has 5 heteroatoms. The van der Waals surface area contributed by atoms with Crippen molar-refractivity contribution in [3.8, 4) is 0 Å². The molecule has 0 saturated carbocycles. The molecule has 4 nitrogen and oxygen atoms in total. The molecule has 0 aromatic carbocycles. The molecule has 0 radical (unpaired) electrons. The summed E-state index contributed by atoms with van der Waals surface area (Å²) < 4.78 is 0.505. The first kappa shape index (κ1) is 28.1. The van der Waals surface area contributed by atoms with Gasteiger partial charge < -0.3 is 18.9 Å². The van der Waals surface area contributed by atoms with Gasteiger partial charge >= 0.3 is 8.80 Å². The molecule has 0 aliphatic carbocycles. The summed E-state index contributed by atoms with van der Waals surface area (Å²) in [6.07, 6.45) is 21.6. The summed E-state index contributed by atoms with van der Waals surface area (Å²) in [4.78, 5) is 29.7. The number of quaternary nitrogens is 1. The van der Waals surface area contributed by atoms with Crippen molar-refractivity contribution in [2.75, 3.05) is 20.6 Å². The second-order valence-corrected chi connectivity index (χ2v) is 11.5. The minimum Gasteiger partial charge on any atom is -0.386 e. The molecule has 170 valence electrons. The molecule has 0 fully saturated rings. The van der Waals surface area contributed by atoms with Crippen molar-refractivity contribution in [3.63, 3.8) is 0 Å². The van der Waals surface area contributed by atoms with Crippen molar-refractivity contribution in [2.24, 2.45) is 0 Å². The maximum Gasteiger partial charge on any atom is 0.554 e. The lowest BCUT2D eigenvalue weighted by Gasteiger charge is -2.40. The van der Waals surface area contributed by atoms with Gasteiger partial charge in [0, 0.05) is 6.42 Å². The molecule has 0 amide bonds. The second kappa shape index (κ2) is 16.8. The lowest BCUT2D eigenvalue weighted by Crippen LogP contribution is -2.64. The van der Waals surface area contributed by atoms with Gasteiger partial charge in [0.25, 0.3) is 0 Å². The molecule has 0 saturated heterocycles. The van der Waals surface area contributed by atoms with Crippen molar-refractivity contribution in [1.29, 1.82) is 0 Å². The maximum absolute atomic E-state index is 9.89. The number of hydrogen-bond donors (Lipinski definition) is 3. The van der Waals surface area contributed by atoms with E-state index in [0.717, 1.165) is 25.8 Å². The molecule has 3 N–H and O–H groups in total. The van der Waals surface area contributed by atoms with Crippen molar-refractivity contribution in [2.45, 2.75) is 129 Å². The monoisotopic (exact) mass is 418 g/mol. The van der Waals surface area contributed by atoms with Crippen LogP contribution in [0.3, 0.4) is 0 Å². The van der Waals surface area contributed by atoms with E-state index in [0.29, 0.717) is 10.9 Å². The molecule has 0 heterocycles. The van der Waals surface area contributed by atoms with Crippen molar-refractivity contribution in [1.82, 2.24) is 0 Å². The molecule has 1 unspecified atom stereocenters. The summed E-state index contributed by atoms with van der Waals surface area (Å²) in [5, 5.41) is 0. The van der Waals surface area contributed by atoms with E-state index >= 15 is 0 Å².